The van der Waals surface area contributed by atoms with Crippen molar-refractivity contribution in [2.45, 2.75) is 13.5 Å². The van der Waals surface area contributed by atoms with Crippen LogP contribution in [0.2, 0.25) is 0 Å². The van der Waals surface area contributed by atoms with Gasteiger partial charge in [-0.15, -0.1) is 0 Å². The zero-order chi connectivity index (χ0) is 17.8. The van der Waals surface area contributed by atoms with Crippen LogP contribution in [0.15, 0.2) is 42.9 Å². The molecule has 6 nitrogen and oxygen atoms in total. The van der Waals surface area contributed by atoms with Crippen molar-refractivity contribution in [3.63, 3.8) is 0 Å². The van der Waals surface area contributed by atoms with Crippen molar-refractivity contribution in [2.24, 2.45) is 0 Å². The molecule has 1 N–H and O–H groups in total. The number of thiazole rings is 1. The van der Waals surface area contributed by atoms with Gasteiger partial charge in [0, 0.05) is 49.5 Å². The minimum absolute atomic E-state index is 0.804. The summed E-state index contributed by atoms with van der Waals surface area (Å²) in [6.07, 6.45) is 5.67. The fraction of sp³-hybridized carbons (Fsp3) is 0.316. The van der Waals surface area contributed by atoms with Gasteiger partial charge < -0.3 is 10.1 Å². The molecule has 1 saturated heterocycles. The number of nitrogens with one attached hydrogen (secondary N) is 1. The Morgan fingerprint density at radius 2 is 1.92 bits per heavy atom. The van der Waals surface area contributed by atoms with E-state index in [-0.39, 0.29) is 0 Å². The predicted molar refractivity (Wildman–Crippen MR) is 104 cm³/mol. The lowest BCUT2D eigenvalue weighted by Crippen LogP contribution is -2.35. The third-order valence-corrected chi connectivity index (χ3v) is 5.23. The molecule has 0 aliphatic carbocycles. The molecule has 0 radical (unpaired) electrons. The summed E-state index contributed by atoms with van der Waals surface area (Å²) in [4.78, 5) is 16.8. The van der Waals surface area contributed by atoms with Crippen molar-refractivity contribution < 1.29 is 4.74 Å². The molecule has 0 spiro atoms. The Hall–Kier alpha value is -2.35. The van der Waals surface area contributed by atoms with Crippen molar-refractivity contribution in [3.05, 3.63) is 54.1 Å². The molecule has 0 aromatic carbocycles. The SMILES string of the molecule is Cc1ccc(-c2cnc(Nc3ccc(CN4CCOCC4)cn3)s2)cn1. The van der Waals surface area contributed by atoms with Crippen molar-refractivity contribution in [3.8, 4) is 10.4 Å². The molecule has 7 heteroatoms. The van der Waals surface area contributed by atoms with E-state index in [1.54, 1.807) is 11.3 Å². The highest BCUT2D eigenvalue weighted by molar-refractivity contribution is 7.18. The highest BCUT2D eigenvalue weighted by Gasteiger charge is 2.11. The molecule has 3 aromatic rings. The molecule has 4 rings (SSSR count). The minimum Gasteiger partial charge on any atom is -0.379 e. The van der Waals surface area contributed by atoms with Gasteiger partial charge in [0.2, 0.25) is 0 Å². The standard InChI is InChI=1S/C19H21N5OS/c1-14-2-4-16(11-20-14)17-12-22-19(26-17)23-18-5-3-15(10-21-18)13-24-6-8-25-9-7-24/h2-5,10-12H,6-9,13H2,1H3,(H,21,22,23). The summed E-state index contributed by atoms with van der Waals surface area (Å²) in [5.41, 5.74) is 3.30. The average Bonchev–Trinajstić information content (AvgIpc) is 3.13. The summed E-state index contributed by atoms with van der Waals surface area (Å²) in [5.74, 6) is 0.804. The van der Waals surface area contributed by atoms with Crippen LogP contribution < -0.4 is 5.32 Å². The molecule has 1 aliphatic heterocycles. The summed E-state index contributed by atoms with van der Waals surface area (Å²) < 4.78 is 5.39. The van der Waals surface area contributed by atoms with Gasteiger partial charge in [0.1, 0.15) is 5.82 Å². The number of ether oxygens (including phenoxy) is 1. The van der Waals surface area contributed by atoms with E-state index >= 15 is 0 Å². The zero-order valence-corrected chi connectivity index (χ0v) is 15.5. The lowest BCUT2D eigenvalue weighted by atomic mass is 10.2. The normalized spacial score (nSPS) is 15.1. The third-order valence-electron chi connectivity index (χ3n) is 4.27. The molecule has 0 bridgehead atoms. The van der Waals surface area contributed by atoms with E-state index in [9.17, 15) is 0 Å². The van der Waals surface area contributed by atoms with Crippen LogP contribution in [0.4, 0.5) is 10.9 Å². The second-order valence-electron chi connectivity index (χ2n) is 6.28. The first-order valence-corrected chi connectivity index (χ1v) is 9.49. The number of hydrogen-bond donors (Lipinski definition) is 1. The fourth-order valence-electron chi connectivity index (χ4n) is 2.80. The van der Waals surface area contributed by atoms with Crippen LogP contribution in [-0.4, -0.2) is 46.2 Å². The Morgan fingerprint density at radius 1 is 1.04 bits per heavy atom. The van der Waals surface area contributed by atoms with Crippen molar-refractivity contribution in [2.75, 3.05) is 31.6 Å². The third kappa shape index (κ3) is 4.24. The second kappa shape index (κ2) is 7.90. The quantitative estimate of drug-likeness (QED) is 0.745. The molecule has 1 aliphatic rings. The lowest BCUT2D eigenvalue weighted by Gasteiger charge is -2.26. The summed E-state index contributed by atoms with van der Waals surface area (Å²) in [6.45, 7) is 6.49. The fourth-order valence-corrected chi connectivity index (χ4v) is 3.61. The Kier molecular flexibility index (Phi) is 5.19. The number of hydrogen-bond acceptors (Lipinski definition) is 7. The first-order chi connectivity index (χ1) is 12.8. The van der Waals surface area contributed by atoms with Crippen molar-refractivity contribution >= 4 is 22.3 Å². The first-order valence-electron chi connectivity index (χ1n) is 8.67. The number of anilines is 2. The average molecular weight is 367 g/mol. The number of rotatable bonds is 5. The maximum absolute atomic E-state index is 5.39. The minimum atomic E-state index is 0.804. The first kappa shape index (κ1) is 17.1. The number of aromatic nitrogens is 3. The maximum Gasteiger partial charge on any atom is 0.188 e. The van der Waals surface area contributed by atoms with E-state index in [0.29, 0.717) is 0 Å². The van der Waals surface area contributed by atoms with Crippen LogP contribution in [0.3, 0.4) is 0 Å². The van der Waals surface area contributed by atoms with Crippen LogP contribution in [-0.2, 0) is 11.3 Å². The van der Waals surface area contributed by atoms with E-state index in [2.05, 4.69) is 37.3 Å². The summed E-state index contributed by atoms with van der Waals surface area (Å²) in [7, 11) is 0. The van der Waals surface area contributed by atoms with Gasteiger partial charge in [-0.05, 0) is 24.6 Å². The van der Waals surface area contributed by atoms with E-state index in [0.717, 1.165) is 59.9 Å². The monoisotopic (exact) mass is 367 g/mol. The largest absolute Gasteiger partial charge is 0.379 e. The molecule has 4 heterocycles. The second-order valence-corrected chi connectivity index (χ2v) is 7.31. The Balaban J connectivity index is 1.39. The van der Waals surface area contributed by atoms with Crippen LogP contribution in [0.1, 0.15) is 11.3 Å². The van der Waals surface area contributed by atoms with Gasteiger partial charge in [0.25, 0.3) is 0 Å². The lowest BCUT2D eigenvalue weighted by molar-refractivity contribution is 0.0341. The maximum atomic E-state index is 5.39. The van der Waals surface area contributed by atoms with Gasteiger partial charge in [-0.3, -0.25) is 9.88 Å². The Bertz CT molecular complexity index is 841. The number of nitrogens with zero attached hydrogens (tertiary/aromatic N) is 4. The number of pyridine rings is 2. The van der Waals surface area contributed by atoms with Crippen molar-refractivity contribution in [1.29, 1.82) is 0 Å². The predicted octanol–water partition coefficient (Wildman–Crippen LogP) is 3.48. The topological polar surface area (TPSA) is 63.2 Å². The number of morpholine rings is 1. The Labute approximate surface area is 156 Å². The number of aryl methyl sites for hydroxylation is 1. The van der Waals surface area contributed by atoms with E-state index in [4.69, 9.17) is 4.74 Å². The van der Waals surface area contributed by atoms with Crippen molar-refractivity contribution in [1.82, 2.24) is 19.9 Å². The highest BCUT2D eigenvalue weighted by Crippen LogP contribution is 2.29. The highest BCUT2D eigenvalue weighted by atomic mass is 32.1. The molecule has 0 amide bonds. The summed E-state index contributed by atoms with van der Waals surface area (Å²) in [6, 6.07) is 8.20. The van der Waals surface area contributed by atoms with Crippen LogP contribution in [0, 0.1) is 6.92 Å². The molecular formula is C19H21N5OS. The molecule has 134 valence electrons. The van der Waals surface area contributed by atoms with Crippen LogP contribution >= 0.6 is 11.3 Å². The molecule has 0 atom stereocenters. The van der Waals surface area contributed by atoms with Gasteiger partial charge in [-0.25, -0.2) is 9.97 Å². The van der Waals surface area contributed by atoms with Gasteiger partial charge in [0.15, 0.2) is 5.13 Å². The summed E-state index contributed by atoms with van der Waals surface area (Å²) in [5, 5.41) is 4.11. The molecule has 0 saturated carbocycles. The van der Waals surface area contributed by atoms with Gasteiger partial charge in [0.05, 0.1) is 18.1 Å². The van der Waals surface area contributed by atoms with Crippen LogP contribution in [0.5, 0.6) is 0 Å². The zero-order valence-electron chi connectivity index (χ0n) is 14.7. The molecular weight excluding hydrogens is 346 g/mol. The summed E-state index contributed by atoms with van der Waals surface area (Å²) >= 11 is 1.60. The molecule has 1 fully saturated rings. The van der Waals surface area contributed by atoms with Gasteiger partial charge in [-0.1, -0.05) is 23.5 Å². The van der Waals surface area contributed by atoms with E-state index < -0.39 is 0 Å². The van der Waals surface area contributed by atoms with Crippen LogP contribution in [0.25, 0.3) is 10.4 Å². The van der Waals surface area contributed by atoms with E-state index in [1.807, 2.05) is 37.6 Å². The molecule has 0 unspecified atom stereocenters. The smallest absolute Gasteiger partial charge is 0.188 e. The molecule has 26 heavy (non-hydrogen) atoms. The van der Waals surface area contributed by atoms with Gasteiger partial charge in [-0.2, -0.15) is 0 Å². The van der Waals surface area contributed by atoms with E-state index in [1.165, 1.54) is 5.56 Å². The van der Waals surface area contributed by atoms with Gasteiger partial charge >= 0.3 is 0 Å². The molecule has 3 aromatic heterocycles. The Morgan fingerprint density at radius 3 is 2.65 bits per heavy atom.